The minimum atomic E-state index is -0.543. The van der Waals surface area contributed by atoms with Crippen LogP contribution >= 0.6 is 0 Å². The Morgan fingerprint density at radius 1 is 1.06 bits per heavy atom. The average molecular weight is 469 g/mol. The minimum absolute atomic E-state index is 0.0357. The van der Waals surface area contributed by atoms with Gasteiger partial charge in [-0.3, -0.25) is 13.9 Å². The SMILES string of the molecule is CCOC(=O)C[C@H](c1ccccc1)n1c(=O)n(C(C)c2c[nH]c3cccc(C)c23)c2cccnc21. The van der Waals surface area contributed by atoms with Crippen LogP contribution in [0, 0.1) is 6.92 Å². The van der Waals surface area contributed by atoms with Gasteiger partial charge in [0.25, 0.3) is 0 Å². The number of nitrogens with one attached hydrogen (secondary N) is 1. The molecule has 0 saturated heterocycles. The number of ether oxygens (including phenoxy) is 1. The molecule has 0 radical (unpaired) electrons. The van der Waals surface area contributed by atoms with Gasteiger partial charge >= 0.3 is 11.7 Å². The maximum atomic E-state index is 14.1. The van der Waals surface area contributed by atoms with E-state index in [1.165, 1.54) is 0 Å². The summed E-state index contributed by atoms with van der Waals surface area (Å²) in [4.78, 5) is 34.6. The second kappa shape index (κ2) is 9.25. The Bertz CT molecular complexity index is 1560. The topological polar surface area (TPSA) is 81.9 Å². The number of nitrogens with zero attached hydrogens (tertiary/aromatic N) is 3. The number of pyridine rings is 1. The Kier molecular flexibility index (Phi) is 5.99. The maximum Gasteiger partial charge on any atom is 0.331 e. The van der Waals surface area contributed by atoms with Crippen LogP contribution in [0.15, 0.2) is 77.9 Å². The molecule has 5 rings (SSSR count). The molecule has 3 heterocycles. The zero-order valence-corrected chi connectivity index (χ0v) is 20.1. The van der Waals surface area contributed by atoms with E-state index < -0.39 is 6.04 Å². The molecule has 0 saturated carbocycles. The lowest BCUT2D eigenvalue weighted by atomic mass is 10.0. The molecule has 0 bridgehead atoms. The van der Waals surface area contributed by atoms with Gasteiger partial charge < -0.3 is 9.72 Å². The molecule has 1 N–H and O–H groups in total. The molecular formula is C28H28N4O3. The summed E-state index contributed by atoms with van der Waals surface area (Å²) in [5.74, 6) is -0.356. The fraction of sp³-hybridized carbons (Fsp3) is 0.250. The molecule has 35 heavy (non-hydrogen) atoms. The molecule has 7 heteroatoms. The largest absolute Gasteiger partial charge is 0.466 e. The normalized spacial score (nSPS) is 13.2. The molecule has 0 spiro atoms. The van der Waals surface area contributed by atoms with Gasteiger partial charge in [0, 0.05) is 28.9 Å². The van der Waals surface area contributed by atoms with Crippen LogP contribution in [0.3, 0.4) is 0 Å². The number of rotatable bonds is 7. The van der Waals surface area contributed by atoms with Crippen molar-refractivity contribution in [2.45, 2.75) is 39.3 Å². The lowest BCUT2D eigenvalue weighted by molar-refractivity contribution is -0.143. The molecule has 0 fully saturated rings. The predicted octanol–water partition coefficient (Wildman–Crippen LogP) is 5.14. The van der Waals surface area contributed by atoms with E-state index >= 15 is 0 Å². The van der Waals surface area contributed by atoms with Crippen molar-refractivity contribution in [3.63, 3.8) is 0 Å². The first-order chi connectivity index (χ1) is 17.0. The maximum absolute atomic E-state index is 14.1. The van der Waals surface area contributed by atoms with Gasteiger partial charge in [-0.25, -0.2) is 9.78 Å². The van der Waals surface area contributed by atoms with Gasteiger partial charge in [0.05, 0.1) is 30.6 Å². The minimum Gasteiger partial charge on any atom is -0.466 e. The summed E-state index contributed by atoms with van der Waals surface area (Å²) in [5.41, 5.74) is 5.10. The number of fused-ring (bicyclic) bond motifs is 2. The highest BCUT2D eigenvalue weighted by Crippen LogP contribution is 2.32. The number of hydrogen-bond donors (Lipinski definition) is 1. The first-order valence-corrected chi connectivity index (χ1v) is 11.9. The Labute approximate surface area is 203 Å². The van der Waals surface area contributed by atoms with Crippen LogP contribution in [0.5, 0.6) is 0 Å². The van der Waals surface area contributed by atoms with Crippen molar-refractivity contribution in [1.29, 1.82) is 0 Å². The van der Waals surface area contributed by atoms with Gasteiger partial charge in [0.15, 0.2) is 5.65 Å². The van der Waals surface area contributed by atoms with E-state index in [0.717, 1.165) is 33.1 Å². The fourth-order valence-corrected chi connectivity index (χ4v) is 5.01. The van der Waals surface area contributed by atoms with Gasteiger partial charge in [-0.2, -0.15) is 0 Å². The highest BCUT2D eigenvalue weighted by atomic mass is 16.5. The van der Waals surface area contributed by atoms with Gasteiger partial charge in [-0.15, -0.1) is 0 Å². The van der Waals surface area contributed by atoms with Crippen LogP contribution in [0.25, 0.3) is 22.1 Å². The standard InChI is InChI=1S/C28H28N4O3/c1-4-35-25(33)16-24(20-11-6-5-7-12-20)32-27-23(14-9-15-29-27)31(28(32)34)19(3)21-17-30-22-13-8-10-18(2)26(21)22/h5-15,17,19,24,30H,4,16H2,1-3H3/t19?,24-/m1/s1. The molecule has 7 nitrogen and oxygen atoms in total. The number of aromatic nitrogens is 4. The molecule has 3 aromatic heterocycles. The van der Waals surface area contributed by atoms with Crippen molar-refractivity contribution < 1.29 is 9.53 Å². The number of benzene rings is 2. The van der Waals surface area contributed by atoms with E-state index in [2.05, 4.69) is 23.0 Å². The van der Waals surface area contributed by atoms with E-state index in [1.54, 1.807) is 22.3 Å². The zero-order valence-electron chi connectivity index (χ0n) is 20.1. The molecule has 5 aromatic rings. The predicted molar refractivity (Wildman–Crippen MR) is 137 cm³/mol. The molecule has 0 aliphatic rings. The van der Waals surface area contributed by atoms with Gasteiger partial charge in [-0.05, 0) is 50.1 Å². The number of H-pyrrole nitrogens is 1. The molecule has 0 aliphatic heterocycles. The lowest BCUT2D eigenvalue weighted by Crippen LogP contribution is -2.31. The summed E-state index contributed by atoms with van der Waals surface area (Å²) < 4.78 is 8.67. The number of hydrogen-bond acceptors (Lipinski definition) is 4. The number of carbonyl (C=O) groups excluding carboxylic acids is 1. The zero-order chi connectivity index (χ0) is 24.5. The quantitative estimate of drug-likeness (QED) is 0.335. The molecular weight excluding hydrogens is 440 g/mol. The first kappa shape index (κ1) is 22.7. The molecule has 1 unspecified atom stereocenters. The Morgan fingerprint density at radius 3 is 2.63 bits per heavy atom. The van der Waals surface area contributed by atoms with Crippen molar-refractivity contribution in [1.82, 2.24) is 19.1 Å². The summed E-state index contributed by atoms with van der Waals surface area (Å²) >= 11 is 0. The third kappa shape index (κ3) is 3.93. The third-order valence-corrected chi connectivity index (χ3v) is 6.61. The van der Waals surface area contributed by atoms with Crippen LogP contribution in [-0.2, 0) is 9.53 Å². The van der Waals surface area contributed by atoms with Crippen LogP contribution in [-0.4, -0.2) is 31.7 Å². The summed E-state index contributed by atoms with van der Waals surface area (Å²) in [6.07, 6.45) is 3.69. The van der Waals surface area contributed by atoms with Gasteiger partial charge in [0.2, 0.25) is 0 Å². The Balaban J connectivity index is 1.72. The molecule has 178 valence electrons. The monoisotopic (exact) mass is 468 g/mol. The third-order valence-electron chi connectivity index (χ3n) is 6.61. The Hall–Kier alpha value is -4.13. The Morgan fingerprint density at radius 2 is 1.86 bits per heavy atom. The molecule has 2 aromatic carbocycles. The second-order valence-corrected chi connectivity index (χ2v) is 8.72. The fourth-order valence-electron chi connectivity index (χ4n) is 5.01. The van der Waals surface area contributed by atoms with E-state index in [4.69, 9.17) is 4.74 Å². The van der Waals surface area contributed by atoms with Crippen LogP contribution in [0.1, 0.15) is 49.0 Å². The number of imidazole rings is 1. The lowest BCUT2D eigenvalue weighted by Gasteiger charge is -2.18. The average Bonchev–Trinajstić information content (AvgIpc) is 3.43. The van der Waals surface area contributed by atoms with Crippen molar-refractivity contribution >= 4 is 28.0 Å². The van der Waals surface area contributed by atoms with Crippen molar-refractivity contribution in [3.05, 3.63) is 100 Å². The smallest absolute Gasteiger partial charge is 0.331 e. The molecule has 0 amide bonds. The van der Waals surface area contributed by atoms with Crippen molar-refractivity contribution in [2.75, 3.05) is 6.61 Å². The number of esters is 1. The van der Waals surface area contributed by atoms with Crippen molar-refractivity contribution in [2.24, 2.45) is 0 Å². The van der Waals surface area contributed by atoms with E-state index in [1.807, 2.05) is 67.7 Å². The van der Waals surface area contributed by atoms with E-state index in [9.17, 15) is 9.59 Å². The van der Waals surface area contributed by atoms with E-state index in [0.29, 0.717) is 5.65 Å². The summed E-state index contributed by atoms with van der Waals surface area (Å²) in [6.45, 7) is 6.16. The second-order valence-electron chi connectivity index (χ2n) is 8.72. The molecule has 2 atom stereocenters. The van der Waals surface area contributed by atoms with Crippen LogP contribution in [0.2, 0.25) is 0 Å². The van der Waals surface area contributed by atoms with Gasteiger partial charge in [-0.1, -0.05) is 42.5 Å². The number of aromatic amines is 1. The number of carbonyl (C=O) groups is 1. The summed E-state index contributed by atoms with van der Waals surface area (Å²) in [6, 6.07) is 18.6. The highest BCUT2D eigenvalue weighted by Gasteiger charge is 2.28. The summed E-state index contributed by atoms with van der Waals surface area (Å²) in [7, 11) is 0. The van der Waals surface area contributed by atoms with Gasteiger partial charge in [0.1, 0.15) is 0 Å². The van der Waals surface area contributed by atoms with Crippen LogP contribution in [0.4, 0.5) is 0 Å². The molecule has 0 aliphatic carbocycles. The summed E-state index contributed by atoms with van der Waals surface area (Å²) in [5, 5.41) is 1.11. The number of aryl methyl sites for hydroxylation is 1. The highest BCUT2D eigenvalue weighted by molar-refractivity contribution is 5.87. The van der Waals surface area contributed by atoms with Crippen LogP contribution < -0.4 is 5.69 Å². The first-order valence-electron chi connectivity index (χ1n) is 11.9. The van der Waals surface area contributed by atoms with E-state index in [-0.39, 0.29) is 30.7 Å². The van der Waals surface area contributed by atoms with Crippen molar-refractivity contribution in [3.8, 4) is 0 Å².